The third kappa shape index (κ3) is 9.07. The molecule has 0 aliphatic heterocycles. The lowest BCUT2D eigenvalue weighted by molar-refractivity contribution is -0.119. The predicted octanol–water partition coefficient (Wildman–Crippen LogP) is 6.60. The molecular formula is C33H50N6O3SSi. The third-order valence-electron chi connectivity index (χ3n) is 8.59. The third-order valence-corrected chi connectivity index (χ3v) is 10.9. The highest BCUT2D eigenvalue weighted by Crippen LogP contribution is 2.32. The minimum atomic E-state index is -1.14. The molecule has 2 N–H and O–H groups in total. The maximum absolute atomic E-state index is 13.7. The second kappa shape index (κ2) is 15.4. The van der Waals surface area contributed by atoms with E-state index in [2.05, 4.69) is 49.2 Å². The SMILES string of the molecule is CSCCn1nccc1C(=O)N[C@H](C(=O)Nc1ccc(-c2c(C)nn(COCC[Si](C)(C)C)c2C)cc1)[C@H]1CC[C@H](C)CC1. The lowest BCUT2D eigenvalue weighted by Crippen LogP contribution is -2.49. The summed E-state index contributed by atoms with van der Waals surface area (Å²) in [5.41, 5.74) is 5.30. The topological polar surface area (TPSA) is 103 Å². The van der Waals surface area contributed by atoms with Gasteiger partial charge in [-0.15, -0.1) is 0 Å². The number of aromatic nitrogens is 4. The monoisotopic (exact) mass is 638 g/mol. The minimum absolute atomic E-state index is 0.0843. The number of thioether (sulfide) groups is 1. The fourth-order valence-electron chi connectivity index (χ4n) is 5.82. The van der Waals surface area contributed by atoms with Gasteiger partial charge in [0.1, 0.15) is 18.5 Å². The molecule has 0 bridgehead atoms. The fourth-order valence-corrected chi connectivity index (χ4v) is 6.94. The van der Waals surface area contributed by atoms with Crippen molar-refractivity contribution in [2.24, 2.45) is 11.8 Å². The molecule has 3 aromatic rings. The second-order valence-electron chi connectivity index (χ2n) is 13.4. The summed E-state index contributed by atoms with van der Waals surface area (Å²) in [6.45, 7) is 15.2. The van der Waals surface area contributed by atoms with Crippen LogP contribution < -0.4 is 10.6 Å². The highest BCUT2D eigenvalue weighted by molar-refractivity contribution is 7.98. The Labute approximate surface area is 267 Å². The van der Waals surface area contributed by atoms with Gasteiger partial charge in [0.25, 0.3) is 5.91 Å². The van der Waals surface area contributed by atoms with Gasteiger partial charge in [0.05, 0.1) is 12.2 Å². The van der Waals surface area contributed by atoms with Crippen molar-refractivity contribution >= 4 is 37.3 Å². The maximum Gasteiger partial charge on any atom is 0.270 e. The molecule has 4 rings (SSSR count). The fraction of sp³-hybridized carbons (Fsp3) is 0.576. The lowest BCUT2D eigenvalue weighted by Gasteiger charge is -2.32. The van der Waals surface area contributed by atoms with Crippen LogP contribution in [0.5, 0.6) is 0 Å². The number of hydrogen-bond acceptors (Lipinski definition) is 6. The zero-order valence-corrected chi connectivity index (χ0v) is 29.3. The van der Waals surface area contributed by atoms with Crippen LogP contribution in [0.15, 0.2) is 36.5 Å². The first-order chi connectivity index (χ1) is 21.0. The zero-order chi connectivity index (χ0) is 31.9. The second-order valence-corrected chi connectivity index (χ2v) is 20.0. The minimum Gasteiger partial charge on any atom is -0.360 e. The molecule has 1 aromatic carbocycles. The number of nitrogens with one attached hydrogen (secondary N) is 2. The Morgan fingerprint density at radius 2 is 1.77 bits per heavy atom. The van der Waals surface area contributed by atoms with E-state index in [0.717, 1.165) is 66.6 Å². The molecular weight excluding hydrogens is 589 g/mol. The lowest BCUT2D eigenvalue weighted by atomic mass is 9.79. The largest absolute Gasteiger partial charge is 0.360 e. The summed E-state index contributed by atoms with van der Waals surface area (Å²) >= 11 is 1.70. The van der Waals surface area contributed by atoms with E-state index >= 15 is 0 Å². The summed E-state index contributed by atoms with van der Waals surface area (Å²) in [5.74, 6) is 1.14. The number of benzene rings is 1. The standard InChI is InChI=1S/C33H50N6O3SSi/c1-23-8-10-27(11-9-23)31(36-32(40)29-16-17-34-38(29)18-20-43-4)33(41)35-28-14-12-26(13-15-28)30-24(2)37-39(25(30)3)22-42-19-21-44(5,6)7/h12-17,23,27,31H,8-11,18-22H2,1-7H3,(H,35,41)(H,36,40)/t23-,27-,31-/m0/s1. The van der Waals surface area contributed by atoms with Crippen LogP contribution in [0, 0.1) is 25.7 Å². The Bertz CT molecular complexity index is 1390. The van der Waals surface area contributed by atoms with Gasteiger partial charge in [-0.25, -0.2) is 4.68 Å². The molecule has 0 saturated heterocycles. The van der Waals surface area contributed by atoms with E-state index in [9.17, 15) is 9.59 Å². The van der Waals surface area contributed by atoms with Gasteiger partial charge in [-0.1, -0.05) is 51.5 Å². The number of amides is 2. The molecule has 2 amide bonds. The van der Waals surface area contributed by atoms with E-state index < -0.39 is 14.1 Å². The summed E-state index contributed by atoms with van der Waals surface area (Å²) in [5, 5.41) is 15.2. The van der Waals surface area contributed by atoms with Crippen molar-refractivity contribution in [2.75, 3.05) is 23.9 Å². The average molecular weight is 639 g/mol. The Hall–Kier alpha value is -2.89. The van der Waals surface area contributed by atoms with E-state index in [-0.39, 0.29) is 17.7 Å². The maximum atomic E-state index is 13.7. The number of anilines is 1. The first-order valence-corrected chi connectivity index (χ1v) is 20.9. The van der Waals surface area contributed by atoms with Crippen LogP contribution in [0.2, 0.25) is 25.7 Å². The summed E-state index contributed by atoms with van der Waals surface area (Å²) in [6.07, 6.45) is 7.61. The zero-order valence-electron chi connectivity index (χ0n) is 27.5. The number of aryl methyl sites for hydroxylation is 2. The van der Waals surface area contributed by atoms with Crippen LogP contribution in [-0.2, 0) is 22.8 Å². The first-order valence-electron chi connectivity index (χ1n) is 15.8. The molecule has 1 atom stereocenters. The predicted molar refractivity (Wildman–Crippen MR) is 183 cm³/mol. The molecule has 0 radical (unpaired) electrons. The Balaban J connectivity index is 1.45. The van der Waals surface area contributed by atoms with Crippen molar-refractivity contribution in [2.45, 2.75) is 91.5 Å². The molecule has 11 heteroatoms. The van der Waals surface area contributed by atoms with E-state index in [4.69, 9.17) is 9.84 Å². The van der Waals surface area contributed by atoms with E-state index in [1.807, 2.05) is 42.1 Å². The van der Waals surface area contributed by atoms with Crippen molar-refractivity contribution < 1.29 is 14.3 Å². The smallest absolute Gasteiger partial charge is 0.270 e. The number of hydrogen-bond donors (Lipinski definition) is 2. The highest BCUT2D eigenvalue weighted by atomic mass is 32.2. The molecule has 240 valence electrons. The normalized spacial score (nSPS) is 17.8. The number of ether oxygens (including phenoxy) is 1. The van der Waals surface area contributed by atoms with Crippen molar-refractivity contribution in [3.63, 3.8) is 0 Å². The van der Waals surface area contributed by atoms with Gasteiger partial charge < -0.3 is 15.4 Å². The average Bonchev–Trinajstić information content (AvgIpc) is 3.56. The summed E-state index contributed by atoms with van der Waals surface area (Å²) in [7, 11) is -1.14. The molecule has 2 heterocycles. The van der Waals surface area contributed by atoms with Crippen molar-refractivity contribution in [3.05, 3.63) is 53.6 Å². The number of carbonyl (C=O) groups is 2. The quantitative estimate of drug-likeness (QED) is 0.152. The molecule has 2 aromatic heterocycles. The highest BCUT2D eigenvalue weighted by Gasteiger charge is 2.33. The molecule has 0 spiro atoms. The summed E-state index contributed by atoms with van der Waals surface area (Å²) < 4.78 is 9.59. The number of carbonyl (C=O) groups excluding carboxylic acids is 2. The van der Waals surface area contributed by atoms with Crippen LogP contribution in [0.4, 0.5) is 5.69 Å². The molecule has 44 heavy (non-hydrogen) atoms. The van der Waals surface area contributed by atoms with Gasteiger partial charge >= 0.3 is 0 Å². The van der Waals surface area contributed by atoms with Crippen LogP contribution >= 0.6 is 11.8 Å². The van der Waals surface area contributed by atoms with E-state index in [0.29, 0.717) is 30.6 Å². The summed E-state index contributed by atoms with van der Waals surface area (Å²) in [4.78, 5) is 27.1. The van der Waals surface area contributed by atoms with Crippen LogP contribution in [0.1, 0.15) is 54.5 Å². The number of nitrogens with zero attached hydrogens (tertiary/aromatic N) is 4. The Morgan fingerprint density at radius 3 is 2.43 bits per heavy atom. The molecule has 1 aliphatic rings. The molecule has 1 saturated carbocycles. The van der Waals surface area contributed by atoms with E-state index in [1.165, 1.54) is 0 Å². The molecule has 9 nitrogen and oxygen atoms in total. The van der Waals surface area contributed by atoms with Gasteiger partial charge in [-0.05, 0) is 74.6 Å². The van der Waals surface area contributed by atoms with Gasteiger partial charge in [0.2, 0.25) is 5.91 Å². The van der Waals surface area contributed by atoms with Gasteiger partial charge in [0.15, 0.2) is 0 Å². The molecule has 0 unspecified atom stereocenters. The van der Waals surface area contributed by atoms with E-state index in [1.54, 1.807) is 28.7 Å². The molecule has 1 aliphatic carbocycles. The van der Waals surface area contributed by atoms with Gasteiger partial charge in [-0.3, -0.25) is 14.3 Å². The summed E-state index contributed by atoms with van der Waals surface area (Å²) in [6, 6.07) is 10.1. The van der Waals surface area contributed by atoms with Crippen molar-refractivity contribution in [1.82, 2.24) is 24.9 Å². The van der Waals surface area contributed by atoms with Crippen LogP contribution in [0.25, 0.3) is 11.1 Å². The van der Waals surface area contributed by atoms with Crippen LogP contribution in [0.3, 0.4) is 0 Å². The Kier molecular flexibility index (Phi) is 11.9. The van der Waals surface area contributed by atoms with Crippen molar-refractivity contribution in [1.29, 1.82) is 0 Å². The number of rotatable bonds is 14. The van der Waals surface area contributed by atoms with Crippen molar-refractivity contribution in [3.8, 4) is 11.1 Å². The van der Waals surface area contributed by atoms with Crippen LogP contribution in [-0.4, -0.2) is 64.1 Å². The Morgan fingerprint density at radius 1 is 1.07 bits per heavy atom. The first kappa shape index (κ1) is 34.0. The van der Waals surface area contributed by atoms with Gasteiger partial charge in [-0.2, -0.15) is 22.0 Å². The van der Waals surface area contributed by atoms with Gasteiger partial charge in [0, 0.05) is 43.6 Å². The molecule has 1 fully saturated rings.